The van der Waals surface area contributed by atoms with E-state index in [0.29, 0.717) is 10.9 Å². The van der Waals surface area contributed by atoms with E-state index in [1.165, 1.54) is 11.1 Å². The van der Waals surface area contributed by atoms with Crippen molar-refractivity contribution in [3.05, 3.63) is 52.3 Å². The van der Waals surface area contributed by atoms with Crippen molar-refractivity contribution in [2.75, 3.05) is 0 Å². The van der Waals surface area contributed by atoms with Crippen LogP contribution >= 0.6 is 0 Å². The van der Waals surface area contributed by atoms with Crippen LogP contribution < -0.4 is 0 Å². The number of nitrogens with zero attached hydrogens (tertiary/aromatic N) is 2. The lowest BCUT2D eigenvalue weighted by atomic mass is 10.1. The van der Waals surface area contributed by atoms with Crippen LogP contribution in [0.15, 0.2) is 29.6 Å². The molecule has 3 aromatic rings. The van der Waals surface area contributed by atoms with E-state index in [2.05, 4.69) is 28.8 Å². The van der Waals surface area contributed by atoms with Gasteiger partial charge in [0.25, 0.3) is 0 Å². The maximum atomic E-state index is 12.5. The maximum Gasteiger partial charge on any atom is 0.197 e. The molecule has 1 unspecified atom stereocenters. The average molecular weight is 313 g/mol. The lowest BCUT2D eigenvalue weighted by Gasteiger charge is -2.03. The third-order valence-corrected chi connectivity index (χ3v) is 5.18. The number of pyridine rings is 1. The predicted molar refractivity (Wildman–Crippen MR) is 89.4 cm³/mol. The molecule has 2 aromatic heterocycles. The molecule has 0 bridgehead atoms. The van der Waals surface area contributed by atoms with E-state index in [0.717, 1.165) is 27.9 Å². The molecule has 1 N–H and O–H groups in total. The Labute approximate surface area is 132 Å². The van der Waals surface area contributed by atoms with Gasteiger partial charge in [0.05, 0.1) is 33.3 Å². The molecule has 0 amide bonds. The summed E-state index contributed by atoms with van der Waals surface area (Å²) in [7, 11) is -1.22. The van der Waals surface area contributed by atoms with Gasteiger partial charge < -0.3 is 4.98 Å². The van der Waals surface area contributed by atoms with Gasteiger partial charge in [0, 0.05) is 6.20 Å². The lowest BCUT2D eigenvalue weighted by molar-refractivity contribution is 0.677. The highest BCUT2D eigenvalue weighted by atomic mass is 32.2. The van der Waals surface area contributed by atoms with Gasteiger partial charge in [-0.2, -0.15) is 0 Å². The van der Waals surface area contributed by atoms with Crippen molar-refractivity contribution < 1.29 is 4.21 Å². The summed E-state index contributed by atoms with van der Waals surface area (Å²) in [6.45, 7) is 8.17. The number of fused-ring (bicyclic) bond motifs is 1. The van der Waals surface area contributed by atoms with E-state index < -0.39 is 10.8 Å². The van der Waals surface area contributed by atoms with Gasteiger partial charge in [-0.05, 0) is 68.1 Å². The number of aryl methyl sites for hydroxylation is 4. The first-order valence-corrected chi connectivity index (χ1v) is 8.53. The van der Waals surface area contributed by atoms with Crippen LogP contribution in [-0.2, 0) is 16.6 Å². The molecule has 0 spiro atoms. The van der Waals surface area contributed by atoms with Crippen molar-refractivity contribution in [3.63, 3.8) is 0 Å². The Morgan fingerprint density at radius 1 is 1.00 bits per heavy atom. The van der Waals surface area contributed by atoms with E-state index in [9.17, 15) is 4.21 Å². The fourth-order valence-corrected chi connectivity index (χ4v) is 3.31. The van der Waals surface area contributed by atoms with Crippen molar-refractivity contribution in [1.29, 1.82) is 0 Å². The summed E-state index contributed by atoms with van der Waals surface area (Å²) in [5.41, 5.74) is 7.31. The third kappa shape index (κ3) is 2.81. The zero-order valence-electron chi connectivity index (χ0n) is 13.2. The number of aromatic amines is 1. The summed E-state index contributed by atoms with van der Waals surface area (Å²) >= 11 is 0. The number of imidazole rings is 1. The molecule has 4 nitrogen and oxygen atoms in total. The molecule has 0 aliphatic rings. The van der Waals surface area contributed by atoms with Crippen LogP contribution in [0.2, 0.25) is 0 Å². The van der Waals surface area contributed by atoms with Gasteiger partial charge >= 0.3 is 0 Å². The number of aromatic nitrogens is 3. The molecule has 3 rings (SSSR count). The summed E-state index contributed by atoms with van der Waals surface area (Å²) < 4.78 is 12.5. The first-order valence-electron chi connectivity index (χ1n) is 7.21. The van der Waals surface area contributed by atoms with Crippen LogP contribution in [0.25, 0.3) is 11.0 Å². The standard InChI is InChI=1S/C17H19N3OS/c1-10-5-14(18-8-13(10)4)9-22(21)17-19-15-6-11(2)12(3)7-16(15)20-17/h5-8H,9H2,1-4H3,(H,19,20). The molecule has 0 saturated carbocycles. The molecular formula is C17H19N3OS. The molecule has 0 aliphatic heterocycles. The molecule has 1 aromatic carbocycles. The van der Waals surface area contributed by atoms with Crippen LogP contribution in [0.4, 0.5) is 0 Å². The molecule has 5 heteroatoms. The van der Waals surface area contributed by atoms with Crippen LogP contribution in [0.3, 0.4) is 0 Å². The molecule has 0 saturated heterocycles. The van der Waals surface area contributed by atoms with Crippen molar-refractivity contribution in [2.45, 2.75) is 38.6 Å². The van der Waals surface area contributed by atoms with Gasteiger partial charge in [0.1, 0.15) is 0 Å². The Kier molecular flexibility index (Phi) is 3.83. The number of rotatable bonds is 3. The average Bonchev–Trinajstić information content (AvgIpc) is 2.86. The largest absolute Gasteiger partial charge is 0.331 e. The Hall–Kier alpha value is -2.01. The molecule has 0 radical (unpaired) electrons. The predicted octanol–water partition coefficient (Wildman–Crippen LogP) is 3.50. The fraction of sp³-hybridized carbons (Fsp3) is 0.294. The van der Waals surface area contributed by atoms with E-state index in [1.54, 1.807) is 0 Å². The smallest absolute Gasteiger partial charge is 0.197 e. The zero-order valence-corrected chi connectivity index (χ0v) is 14.0. The van der Waals surface area contributed by atoms with E-state index >= 15 is 0 Å². The molecule has 114 valence electrons. The number of nitrogens with one attached hydrogen (secondary N) is 1. The normalized spacial score (nSPS) is 12.7. The van der Waals surface area contributed by atoms with Gasteiger partial charge in [-0.3, -0.25) is 9.19 Å². The van der Waals surface area contributed by atoms with Crippen molar-refractivity contribution >= 4 is 21.8 Å². The van der Waals surface area contributed by atoms with Crippen LogP contribution in [0.5, 0.6) is 0 Å². The van der Waals surface area contributed by atoms with E-state index in [4.69, 9.17) is 0 Å². The number of hydrogen-bond donors (Lipinski definition) is 1. The summed E-state index contributed by atoms with van der Waals surface area (Å²) in [6.07, 6.45) is 1.83. The monoisotopic (exact) mass is 313 g/mol. The second-order valence-corrected chi connectivity index (χ2v) is 7.11. The van der Waals surface area contributed by atoms with E-state index in [-0.39, 0.29) is 0 Å². The Morgan fingerprint density at radius 3 is 2.41 bits per heavy atom. The van der Waals surface area contributed by atoms with Crippen molar-refractivity contribution in [2.24, 2.45) is 0 Å². The first-order chi connectivity index (χ1) is 10.4. The second kappa shape index (κ2) is 5.65. The fourth-order valence-electron chi connectivity index (χ4n) is 2.32. The minimum atomic E-state index is -1.22. The summed E-state index contributed by atoms with van der Waals surface area (Å²) in [4.78, 5) is 12.0. The summed E-state index contributed by atoms with van der Waals surface area (Å²) in [5, 5.41) is 0.514. The molecule has 2 heterocycles. The van der Waals surface area contributed by atoms with E-state index in [1.807, 2.05) is 38.2 Å². The molecule has 0 fully saturated rings. The maximum absolute atomic E-state index is 12.5. The Balaban J connectivity index is 1.90. The van der Waals surface area contributed by atoms with Crippen LogP contribution in [0.1, 0.15) is 27.9 Å². The molecular weight excluding hydrogens is 294 g/mol. The zero-order chi connectivity index (χ0) is 15.9. The summed E-state index contributed by atoms with van der Waals surface area (Å²) in [6, 6.07) is 6.06. The van der Waals surface area contributed by atoms with Gasteiger partial charge in [0.2, 0.25) is 0 Å². The highest BCUT2D eigenvalue weighted by molar-refractivity contribution is 7.84. The second-order valence-electron chi connectivity index (χ2n) is 5.75. The molecule has 22 heavy (non-hydrogen) atoms. The highest BCUT2D eigenvalue weighted by Gasteiger charge is 2.12. The van der Waals surface area contributed by atoms with Gasteiger partial charge in [-0.1, -0.05) is 0 Å². The quantitative estimate of drug-likeness (QED) is 0.805. The number of hydrogen-bond acceptors (Lipinski definition) is 3. The lowest BCUT2D eigenvalue weighted by Crippen LogP contribution is -2.01. The number of benzene rings is 1. The minimum Gasteiger partial charge on any atom is -0.331 e. The van der Waals surface area contributed by atoms with Gasteiger partial charge in [-0.25, -0.2) is 4.98 Å². The highest BCUT2D eigenvalue weighted by Crippen LogP contribution is 2.19. The Morgan fingerprint density at radius 2 is 1.68 bits per heavy atom. The van der Waals surface area contributed by atoms with Crippen LogP contribution in [0, 0.1) is 27.7 Å². The van der Waals surface area contributed by atoms with Crippen molar-refractivity contribution in [3.8, 4) is 0 Å². The molecule has 0 aliphatic carbocycles. The van der Waals surface area contributed by atoms with Gasteiger partial charge in [0.15, 0.2) is 5.16 Å². The summed E-state index contributed by atoms with van der Waals surface area (Å²) in [5.74, 6) is 0.374. The third-order valence-electron chi connectivity index (χ3n) is 4.00. The Bertz CT molecular complexity index is 844. The topological polar surface area (TPSA) is 58.6 Å². The van der Waals surface area contributed by atoms with Crippen molar-refractivity contribution in [1.82, 2.24) is 15.0 Å². The first kappa shape index (κ1) is 14.9. The number of H-pyrrole nitrogens is 1. The van der Waals surface area contributed by atoms with Gasteiger partial charge in [-0.15, -0.1) is 0 Å². The molecule has 1 atom stereocenters. The van der Waals surface area contributed by atoms with Crippen LogP contribution in [-0.4, -0.2) is 19.2 Å². The minimum absolute atomic E-state index is 0.374. The SMILES string of the molecule is Cc1cnc(CS(=O)c2nc3cc(C)c(C)cc3[nH]2)cc1C.